The highest BCUT2D eigenvalue weighted by Crippen LogP contribution is 2.32. The van der Waals surface area contributed by atoms with Crippen molar-refractivity contribution < 1.29 is 40.9 Å². The maximum absolute atomic E-state index is 12.3. The van der Waals surface area contributed by atoms with Crippen LogP contribution < -0.4 is 9.47 Å². The Labute approximate surface area is 153 Å². The molecule has 27 heavy (non-hydrogen) atoms. The van der Waals surface area contributed by atoms with Crippen molar-refractivity contribution in [2.24, 2.45) is 0 Å². The maximum Gasteiger partial charge on any atom is 0.522 e. The van der Waals surface area contributed by atoms with Gasteiger partial charge in [-0.15, -0.1) is 13.2 Å². The predicted octanol–water partition coefficient (Wildman–Crippen LogP) is 3.60. The van der Waals surface area contributed by atoms with Gasteiger partial charge in [-0.25, -0.2) is 0 Å². The summed E-state index contributed by atoms with van der Waals surface area (Å²) in [6, 6.07) is 3.06. The second kappa shape index (κ2) is 9.52. The number of hydrogen-bond acceptors (Lipinski definition) is 5. The van der Waals surface area contributed by atoms with Gasteiger partial charge in [0.25, 0.3) is 0 Å². The van der Waals surface area contributed by atoms with Crippen molar-refractivity contribution in [1.29, 1.82) is 0 Å². The third-order valence-corrected chi connectivity index (χ3v) is 4.30. The van der Waals surface area contributed by atoms with Gasteiger partial charge in [-0.1, -0.05) is 0 Å². The van der Waals surface area contributed by atoms with Crippen LogP contribution in [-0.2, 0) is 22.5 Å². The lowest BCUT2D eigenvalue weighted by Gasteiger charge is -2.19. The Morgan fingerprint density at radius 1 is 1.11 bits per heavy atom. The van der Waals surface area contributed by atoms with E-state index in [1.54, 1.807) is 6.07 Å². The number of methoxy groups -OCH3 is 2. The van der Waals surface area contributed by atoms with Crippen molar-refractivity contribution in [1.82, 2.24) is 4.90 Å². The summed E-state index contributed by atoms with van der Waals surface area (Å²) in [7, 11) is 2.78. The normalized spacial score (nSPS) is 18.3. The molecule has 0 bridgehead atoms. The van der Waals surface area contributed by atoms with Crippen molar-refractivity contribution in [3.8, 4) is 11.5 Å². The number of alkyl halides is 5. The van der Waals surface area contributed by atoms with Gasteiger partial charge in [0.2, 0.25) is 0 Å². The van der Waals surface area contributed by atoms with E-state index in [0.29, 0.717) is 38.2 Å². The monoisotopic (exact) mass is 399 g/mol. The molecule has 1 atom stereocenters. The quantitative estimate of drug-likeness (QED) is 0.594. The highest BCUT2D eigenvalue weighted by atomic mass is 19.4. The largest absolute Gasteiger partial charge is 0.522 e. The number of ether oxygens (including phenoxy) is 4. The molecule has 5 nitrogen and oxygen atoms in total. The molecule has 1 heterocycles. The molecule has 0 N–H and O–H groups in total. The molecule has 0 aliphatic carbocycles. The zero-order valence-corrected chi connectivity index (χ0v) is 15.0. The first-order valence-corrected chi connectivity index (χ1v) is 8.32. The van der Waals surface area contributed by atoms with Crippen LogP contribution in [0.25, 0.3) is 0 Å². The highest BCUT2D eigenvalue weighted by molar-refractivity contribution is 5.46. The topological polar surface area (TPSA) is 40.2 Å². The number of halogens is 5. The molecule has 0 radical (unpaired) electrons. The van der Waals surface area contributed by atoms with Crippen LogP contribution in [0.2, 0.25) is 0 Å². The molecule has 1 aromatic rings. The zero-order valence-electron chi connectivity index (χ0n) is 15.0. The van der Waals surface area contributed by atoms with E-state index in [1.165, 1.54) is 20.3 Å². The third-order valence-electron chi connectivity index (χ3n) is 4.30. The molecule has 2 rings (SSSR count). The summed E-state index contributed by atoms with van der Waals surface area (Å²) in [5, 5.41) is 0. The Morgan fingerprint density at radius 3 is 2.33 bits per heavy atom. The Balaban J connectivity index is 2.02. The number of benzene rings is 1. The Hall–Kier alpha value is -1.65. The molecule has 0 amide bonds. The average Bonchev–Trinajstić information content (AvgIpc) is 3.03. The van der Waals surface area contributed by atoms with E-state index < -0.39 is 25.7 Å². The summed E-state index contributed by atoms with van der Waals surface area (Å²) >= 11 is 0. The summed E-state index contributed by atoms with van der Waals surface area (Å²) < 4.78 is 80.2. The second-order valence-corrected chi connectivity index (χ2v) is 6.07. The van der Waals surface area contributed by atoms with Crippen LogP contribution >= 0.6 is 0 Å². The molecule has 1 saturated heterocycles. The van der Waals surface area contributed by atoms with Crippen LogP contribution in [0.1, 0.15) is 17.5 Å². The van der Waals surface area contributed by atoms with E-state index in [-0.39, 0.29) is 11.3 Å². The minimum absolute atomic E-state index is 0.210. The lowest BCUT2D eigenvalue weighted by molar-refractivity contribution is -0.330. The molecule has 0 saturated carbocycles. The van der Waals surface area contributed by atoms with Crippen LogP contribution in [0.4, 0.5) is 22.0 Å². The van der Waals surface area contributed by atoms with Crippen LogP contribution in [0, 0.1) is 0 Å². The minimum Gasteiger partial charge on any atom is -0.496 e. The Kier molecular flexibility index (Phi) is 7.63. The van der Waals surface area contributed by atoms with Crippen LogP contribution in [0.5, 0.6) is 11.5 Å². The van der Waals surface area contributed by atoms with E-state index in [4.69, 9.17) is 9.47 Å². The zero-order chi connectivity index (χ0) is 20.0. The Bertz CT molecular complexity index is 612. The van der Waals surface area contributed by atoms with E-state index in [2.05, 4.69) is 9.47 Å². The number of likely N-dealkylation sites (tertiary alicyclic amines) is 1. The molecule has 1 fully saturated rings. The van der Waals surface area contributed by atoms with E-state index >= 15 is 0 Å². The SMILES string of the molecule is COc1cc(COC(F)(F)F)c(OC)cc1CCN1CCC(OC(F)F)C1. The molecule has 0 spiro atoms. The van der Waals surface area contributed by atoms with Gasteiger partial charge in [-0.05, 0) is 30.5 Å². The minimum atomic E-state index is -4.75. The number of rotatable bonds is 9. The highest BCUT2D eigenvalue weighted by Gasteiger charge is 2.30. The van der Waals surface area contributed by atoms with E-state index in [9.17, 15) is 22.0 Å². The first-order chi connectivity index (χ1) is 12.7. The van der Waals surface area contributed by atoms with Crippen molar-refractivity contribution >= 4 is 0 Å². The van der Waals surface area contributed by atoms with Crippen molar-refractivity contribution in [2.75, 3.05) is 33.9 Å². The second-order valence-electron chi connectivity index (χ2n) is 6.07. The summed E-state index contributed by atoms with van der Waals surface area (Å²) in [4.78, 5) is 1.99. The fraction of sp³-hybridized carbons (Fsp3) is 0.647. The molecule has 1 aliphatic heterocycles. The third kappa shape index (κ3) is 6.78. The van der Waals surface area contributed by atoms with Crippen LogP contribution in [0.3, 0.4) is 0 Å². The molecule has 1 aromatic carbocycles. The van der Waals surface area contributed by atoms with Crippen LogP contribution in [0.15, 0.2) is 12.1 Å². The van der Waals surface area contributed by atoms with Gasteiger partial charge in [-0.3, -0.25) is 4.74 Å². The molecular weight excluding hydrogens is 377 g/mol. The standard InChI is InChI=1S/C17H22F5NO4/c1-24-14-8-12(10-26-17(20,21)22)15(25-2)7-11(14)3-5-23-6-4-13(9-23)27-16(18)19/h7-8,13,16H,3-6,9-10H2,1-2H3. The molecule has 1 aliphatic rings. The fourth-order valence-corrected chi connectivity index (χ4v) is 3.03. The van der Waals surface area contributed by atoms with Gasteiger partial charge in [0.05, 0.1) is 26.9 Å². The Morgan fingerprint density at radius 2 is 1.74 bits per heavy atom. The summed E-state index contributed by atoms with van der Waals surface area (Å²) in [6.07, 6.45) is -4.20. The van der Waals surface area contributed by atoms with Gasteiger partial charge in [0.15, 0.2) is 0 Å². The molecule has 0 aromatic heterocycles. The van der Waals surface area contributed by atoms with Gasteiger partial charge >= 0.3 is 13.0 Å². The van der Waals surface area contributed by atoms with Crippen molar-refractivity contribution in [3.63, 3.8) is 0 Å². The lowest BCUT2D eigenvalue weighted by Crippen LogP contribution is -2.26. The average molecular weight is 399 g/mol. The van der Waals surface area contributed by atoms with Crippen molar-refractivity contribution in [2.45, 2.75) is 38.5 Å². The molecule has 10 heteroatoms. The van der Waals surface area contributed by atoms with Crippen molar-refractivity contribution in [3.05, 3.63) is 23.3 Å². The summed E-state index contributed by atoms with van der Waals surface area (Å²) in [5.74, 6) is 0.673. The van der Waals surface area contributed by atoms with Gasteiger partial charge in [0.1, 0.15) is 11.5 Å². The summed E-state index contributed by atoms with van der Waals surface area (Å²) in [6.45, 7) is -1.87. The first kappa shape index (κ1) is 21.6. The molecule has 154 valence electrons. The van der Waals surface area contributed by atoms with Gasteiger partial charge in [0, 0.05) is 25.2 Å². The first-order valence-electron chi connectivity index (χ1n) is 8.32. The smallest absolute Gasteiger partial charge is 0.496 e. The molecule has 1 unspecified atom stereocenters. The summed E-state index contributed by atoms with van der Waals surface area (Å²) in [5.41, 5.74) is 0.949. The maximum atomic E-state index is 12.3. The van der Waals surface area contributed by atoms with Gasteiger partial charge < -0.3 is 19.1 Å². The lowest BCUT2D eigenvalue weighted by atomic mass is 10.1. The molecular formula is C17H22F5NO4. The van der Waals surface area contributed by atoms with Gasteiger partial charge in [-0.2, -0.15) is 8.78 Å². The fourth-order valence-electron chi connectivity index (χ4n) is 3.03. The predicted molar refractivity (Wildman–Crippen MR) is 86.0 cm³/mol. The van der Waals surface area contributed by atoms with Crippen LogP contribution in [-0.4, -0.2) is 57.8 Å². The number of hydrogen-bond donors (Lipinski definition) is 0. The number of nitrogens with zero attached hydrogens (tertiary/aromatic N) is 1. The van der Waals surface area contributed by atoms with E-state index in [0.717, 1.165) is 5.56 Å². The van der Waals surface area contributed by atoms with E-state index in [1.807, 2.05) is 4.90 Å².